The summed E-state index contributed by atoms with van der Waals surface area (Å²) >= 11 is 0. The molecule has 0 saturated carbocycles. The lowest BCUT2D eigenvalue weighted by Crippen LogP contribution is -2.15. The van der Waals surface area contributed by atoms with E-state index in [1.165, 1.54) is 0 Å². The van der Waals surface area contributed by atoms with Gasteiger partial charge in [-0.2, -0.15) is 0 Å². The minimum atomic E-state index is -0.411. The van der Waals surface area contributed by atoms with Crippen LogP contribution in [0.1, 0.15) is 25.0 Å². The quantitative estimate of drug-likeness (QED) is 0.781. The van der Waals surface area contributed by atoms with E-state index in [9.17, 15) is 5.11 Å². The molecule has 0 saturated heterocycles. The van der Waals surface area contributed by atoms with E-state index in [1.807, 2.05) is 25.1 Å². The third kappa shape index (κ3) is 1.68. The molecule has 0 unspecified atom stereocenters. The standard InChI is InChI=1S/C11H14O3/c1-2-9(12)8-3-4-10-11(7-8)14-6-5-13-10/h3-4,7,9,12H,2,5-6H2,1H3/t9-/m1/s1. The van der Waals surface area contributed by atoms with Crippen molar-refractivity contribution in [2.45, 2.75) is 19.4 Å². The van der Waals surface area contributed by atoms with Gasteiger partial charge in [0, 0.05) is 0 Å². The molecule has 1 atom stereocenters. The smallest absolute Gasteiger partial charge is 0.161 e. The molecule has 1 aliphatic heterocycles. The highest BCUT2D eigenvalue weighted by Crippen LogP contribution is 2.33. The van der Waals surface area contributed by atoms with Crippen LogP contribution in [0.25, 0.3) is 0 Å². The topological polar surface area (TPSA) is 38.7 Å². The van der Waals surface area contributed by atoms with Crippen molar-refractivity contribution in [1.29, 1.82) is 0 Å². The Kier molecular flexibility index (Phi) is 2.59. The van der Waals surface area contributed by atoms with Gasteiger partial charge < -0.3 is 14.6 Å². The molecule has 1 aromatic carbocycles. The largest absolute Gasteiger partial charge is 0.486 e. The number of hydrogen-bond acceptors (Lipinski definition) is 3. The van der Waals surface area contributed by atoms with Crippen LogP contribution in [0.3, 0.4) is 0 Å². The third-order valence-corrected chi connectivity index (χ3v) is 2.34. The number of aliphatic hydroxyl groups is 1. The molecule has 0 aromatic heterocycles. The summed E-state index contributed by atoms with van der Waals surface area (Å²) in [4.78, 5) is 0. The van der Waals surface area contributed by atoms with Gasteiger partial charge in [0.25, 0.3) is 0 Å². The van der Waals surface area contributed by atoms with Crippen molar-refractivity contribution in [3.63, 3.8) is 0 Å². The highest BCUT2D eigenvalue weighted by Gasteiger charge is 2.14. The summed E-state index contributed by atoms with van der Waals surface area (Å²) in [5.41, 5.74) is 0.886. The van der Waals surface area contributed by atoms with Crippen LogP contribution in [0.5, 0.6) is 11.5 Å². The molecule has 3 nitrogen and oxygen atoms in total. The van der Waals surface area contributed by atoms with Crippen molar-refractivity contribution in [2.24, 2.45) is 0 Å². The zero-order valence-corrected chi connectivity index (χ0v) is 8.19. The highest BCUT2D eigenvalue weighted by atomic mass is 16.6. The van der Waals surface area contributed by atoms with Crippen molar-refractivity contribution < 1.29 is 14.6 Å². The van der Waals surface area contributed by atoms with Gasteiger partial charge in [-0.15, -0.1) is 0 Å². The molecular formula is C11H14O3. The van der Waals surface area contributed by atoms with Crippen LogP contribution < -0.4 is 9.47 Å². The van der Waals surface area contributed by atoms with E-state index in [4.69, 9.17) is 9.47 Å². The first-order chi connectivity index (χ1) is 6.81. The van der Waals surface area contributed by atoms with Gasteiger partial charge >= 0.3 is 0 Å². The van der Waals surface area contributed by atoms with Crippen LogP contribution in [-0.2, 0) is 0 Å². The zero-order chi connectivity index (χ0) is 9.97. The van der Waals surface area contributed by atoms with E-state index >= 15 is 0 Å². The van der Waals surface area contributed by atoms with Crippen LogP contribution in [-0.4, -0.2) is 18.3 Å². The lowest BCUT2D eigenvalue weighted by molar-refractivity contribution is 0.162. The van der Waals surface area contributed by atoms with Gasteiger partial charge in [0.2, 0.25) is 0 Å². The van der Waals surface area contributed by atoms with Crippen LogP contribution in [0, 0.1) is 0 Å². The molecule has 0 amide bonds. The summed E-state index contributed by atoms with van der Waals surface area (Å²) in [6.07, 6.45) is 0.297. The number of ether oxygens (including phenoxy) is 2. The van der Waals surface area contributed by atoms with Crippen molar-refractivity contribution >= 4 is 0 Å². The second-order valence-corrected chi connectivity index (χ2v) is 3.33. The summed E-state index contributed by atoms with van der Waals surface area (Å²) in [5.74, 6) is 1.50. The number of aliphatic hydroxyl groups excluding tert-OH is 1. The number of hydrogen-bond donors (Lipinski definition) is 1. The molecular weight excluding hydrogens is 180 g/mol. The maximum Gasteiger partial charge on any atom is 0.161 e. The Morgan fingerprint density at radius 3 is 2.71 bits per heavy atom. The number of fused-ring (bicyclic) bond motifs is 1. The molecule has 0 spiro atoms. The van der Waals surface area contributed by atoms with E-state index in [0.717, 1.165) is 17.1 Å². The van der Waals surface area contributed by atoms with Gasteiger partial charge in [-0.25, -0.2) is 0 Å². The Bertz CT molecular complexity index is 322. The SMILES string of the molecule is CC[C@@H](O)c1ccc2c(c1)OCCO2. The molecule has 1 N–H and O–H groups in total. The maximum atomic E-state index is 9.63. The van der Waals surface area contributed by atoms with E-state index in [0.29, 0.717) is 19.6 Å². The first kappa shape index (κ1) is 9.34. The summed E-state index contributed by atoms with van der Waals surface area (Å²) in [7, 11) is 0. The Morgan fingerprint density at radius 1 is 1.29 bits per heavy atom. The van der Waals surface area contributed by atoms with Crippen LogP contribution in [0.2, 0.25) is 0 Å². The van der Waals surface area contributed by atoms with Crippen molar-refractivity contribution in [3.05, 3.63) is 23.8 Å². The average Bonchev–Trinajstić information content (AvgIpc) is 2.27. The Hall–Kier alpha value is -1.22. The van der Waals surface area contributed by atoms with Gasteiger partial charge in [-0.05, 0) is 24.1 Å². The normalized spacial score (nSPS) is 16.4. The van der Waals surface area contributed by atoms with Gasteiger partial charge in [0.15, 0.2) is 11.5 Å². The average molecular weight is 194 g/mol. The molecule has 14 heavy (non-hydrogen) atoms. The molecule has 0 bridgehead atoms. The molecule has 1 aromatic rings. The second-order valence-electron chi connectivity index (χ2n) is 3.33. The summed E-state index contributed by atoms with van der Waals surface area (Å²) in [5, 5.41) is 9.63. The molecule has 0 fully saturated rings. The van der Waals surface area contributed by atoms with Crippen molar-refractivity contribution in [2.75, 3.05) is 13.2 Å². The minimum Gasteiger partial charge on any atom is -0.486 e. The molecule has 3 heteroatoms. The maximum absolute atomic E-state index is 9.63. The van der Waals surface area contributed by atoms with Crippen molar-refractivity contribution in [1.82, 2.24) is 0 Å². The second kappa shape index (κ2) is 3.88. The zero-order valence-electron chi connectivity index (χ0n) is 8.19. The van der Waals surface area contributed by atoms with Gasteiger partial charge in [0.1, 0.15) is 13.2 Å². The molecule has 1 aliphatic rings. The van der Waals surface area contributed by atoms with Crippen molar-refractivity contribution in [3.8, 4) is 11.5 Å². The van der Waals surface area contributed by atoms with E-state index in [1.54, 1.807) is 0 Å². The number of benzene rings is 1. The van der Waals surface area contributed by atoms with E-state index < -0.39 is 6.10 Å². The minimum absolute atomic E-state index is 0.411. The number of rotatable bonds is 2. The molecule has 76 valence electrons. The van der Waals surface area contributed by atoms with Crippen LogP contribution in [0.4, 0.5) is 0 Å². The molecule has 2 rings (SSSR count). The fourth-order valence-electron chi connectivity index (χ4n) is 1.50. The predicted molar refractivity (Wildman–Crippen MR) is 52.7 cm³/mol. The molecule has 0 radical (unpaired) electrons. The Morgan fingerprint density at radius 2 is 2.00 bits per heavy atom. The monoisotopic (exact) mass is 194 g/mol. The predicted octanol–water partition coefficient (Wildman–Crippen LogP) is 1.90. The van der Waals surface area contributed by atoms with Gasteiger partial charge in [-0.3, -0.25) is 0 Å². The summed E-state index contributed by atoms with van der Waals surface area (Å²) in [6, 6.07) is 5.58. The van der Waals surface area contributed by atoms with E-state index in [-0.39, 0.29) is 0 Å². The lowest BCUT2D eigenvalue weighted by atomic mass is 10.1. The summed E-state index contributed by atoms with van der Waals surface area (Å²) in [6.45, 7) is 3.13. The van der Waals surface area contributed by atoms with E-state index in [2.05, 4.69) is 0 Å². The van der Waals surface area contributed by atoms with Gasteiger partial charge in [0.05, 0.1) is 6.10 Å². The fraction of sp³-hybridized carbons (Fsp3) is 0.455. The third-order valence-electron chi connectivity index (χ3n) is 2.34. The Labute approximate surface area is 83.3 Å². The van der Waals surface area contributed by atoms with Crippen LogP contribution in [0.15, 0.2) is 18.2 Å². The highest BCUT2D eigenvalue weighted by molar-refractivity contribution is 5.44. The van der Waals surface area contributed by atoms with Gasteiger partial charge in [-0.1, -0.05) is 13.0 Å². The molecule has 0 aliphatic carbocycles. The van der Waals surface area contributed by atoms with Crippen LogP contribution >= 0.6 is 0 Å². The first-order valence-electron chi connectivity index (χ1n) is 4.89. The Balaban J connectivity index is 2.29. The summed E-state index contributed by atoms with van der Waals surface area (Å²) < 4.78 is 10.8. The first-order valence-corrected chi connectivity index (χ1v) is 4.89. The lowest BCUT2D eigenvalue weighted by Gasteiger charge is -2.19. The molecule has 1 heterocycles. The fourth-order valence-corrected chi connectivity index (χ4v) is 1.50.